The van der Waals surface area contributed by atoms with Crippen molar-refractivity contribution in [2.24, 2.45) is 5.92 Å². The van der Waals surface area contributed by atoms with Crippen molar-refractivity contribution >= 4 is 5.78 Å². The Bertz CT molecular complexity index is 485. The van der Waals surface area contributed by atoms with Crippen LogP contribution in [0.4, 0.5) is 17.6 Å². The normalized spacial score (nSPS) is 17.8. The molecule has 0 N–H and O–H groups in total. The second-order valence-electron chi connectivity index (χ2n) is 5.25. The van der Waals surface area contributed by atoms with Crippen LogP contribution in [0, 0.1) is 11.7 Å². The highest BCUT2D eigenvalue weighted by molar-refractivity contribution is 5.98. The first-order valence-corrected chi connectivity index (χ1v) is 6.80. The van der Waals surface area contributed by atoms with Crippen LogP contribution in [0.1, 0.15) is 54.4 Å². The number of halogens is 4. The minimum Gasteiger partial charge on any atom is -0.294 e. The van der Waals surface area contributed by atoms with Crippen LogP contribution < -0.4 is 0 Å². The van der Waals surface area contributed by atoms with Gasteiger partial charge in [-0.05, 0) is 31.0 Å². The van der Waals surface area contributed by atoms with E-state index in [0.717, 1.165) is 37.8 Å². The highest BCUT2D eigenvalue weighted by atomic mass is 19.4. The molecular formula is C15H16F4O. The molecule has 0 spiro atoms. The van der Waals surface area contributed by atoms with Gasteiger partial charge in [-0.1, -0.05) is 25.7 Å². The fourth-order valence-corrected chi connectivity index (χ4v) is 2.67. The van der Waals surface area contributed by atoms with E-state index in [2.05, 4.69) is 0 Å². The summed E-state index contributed by atoms with van der Waals surface area (Å²) in [4.78, 5) is 12.3. The summed E-state index contributed by atoms with van der Waals surface area (Å²) in [5.74, 6) is -1.86. The number of carbonyl (C=O) groups excluding carboxylic acids is 1. The summed E-state index contributed by atoms with van der Waals surface area (Å²) in [6.45, 7) is 0. The Morgan fingerprint density at radius 3 is 2.20 bits per heavy atom. The minimum absolute atomic E-state index is 0.0365. The van der Waals surface area contributed by atoms with Gasteiger partial charge in [0.15, 0.2) is 5.78 Å². The van der Waals surface area contributed by atoms with Crippen LogP contribution in [0.3, 0.4) is 0 Å². The lowest BCUT2D eigenvalue weighted by molar-refractivity contribution is -0.140. The van der Waals surface area contributed by atoms with Crippen LogP contribution in [0.5, 0.6) is 0 Å². The molecule has 0 heterocycles. The lowest BCUT2D eigenvalue weighted by atomic mass is 9.90. The topological polar surface area (TPSA) is 17.1 Å². The largest absolute Gasteiger partial charge is 0.419 e. The molecule has 1 aromatic carbocycles. The van der Waals surface area contributed by atoms with E-state index in [-0.39, 0.29) is 17.3 Å². The van der Waals surface area contributed by atoms with Crippen LogP contribution in [0.25, 0.3) is 0 Å². The summed E-state index contributed by atoms with van der Waals surface area (Å²) >= 11 is 0. The van der Waals surface area contributed by atoms with E-state index in [9.17, 15) is 22.4 Å². The van der Waals surface area contributed by atoms with Gasteiger partial charge in [-0.3, -0.25) is 4.79 Å². The number of rotatable bonds is 2. The van der Waals surface area contributed by atoms with Crippen molar-refractivity contribution in [3.05, 3.63) is 35.1 Å². The maximum absolute atomic E-state index is 13.2. The third-order valence-electron chi connectivity index (χ3n) is 3.78. The van der Waals surface area contributed by atoms with Crippen LogP contribution in [-0.2, 0) is 6.18 Å². The molecule has 1 aliphatic carbocycles. The molecule has 1 aromatic rings. The SMILES string of the molecule is O=C(c1ccc(F)c(C(F)(F)F)c1)C1CCCCCC1. The predicted octanol–water partition coefficient (Wildman–Crippen LogP) is 5.00. The zero-order valence-corrected chi connectivity index (χ0v) is 11.0. The van der Waals surface area contributed by atoms with Crippen molar-refractivity contribution in [2.75, 3.05) is 0 Å². The molecule has 0 aliphatic heterocycles. The molecule has 1 nitrogen and oxygen atoms in total. The van der Waals surface area contributed by atoms with E-state index in [1.165, 1.54) is 0 Å². The van der Waals surface area contributed by atoms with Gasteiger partial charge in [-0.25, -0.2) is 4.39 Å². The third kappa shape index (κ3) is 3.38. The van der Waals surface area contributed by atoms with Crippen molar-refractivity contribution in [1.29, 1.82) is 0 Å². The Morgan fingerprint density at radius 1 is 1.05 bits per heavy atom. The third-order valence-corrected chi connectivity index (χ3v) is 3.78. The van der Waals surface area contributed by atoms with E-state index in [1.54, 1.807) is 0 Å². The summed E-state index contributed by atoms with van der Waals surface area (Å²) < 4.78 is 51.1. The van der Waals surface area contributed by atoms with Gasteiger partial charge in [-0.2, -0.15) is 13.2 Å². The van der Waals surface area contributed by atoms with Gasteiger partial charge in [0.2, 0.25) is 0 Å². The number of Topliss-reactive ketones (excluding diaryl/α,β-unsaturated/α-hetero) is 1. The van der Waals surface area contributed by atoms with E-state index >= 15 is 0 Å². The maximum Gasteiger partial charge on any atom is 0.419 e. The molecule has 110 valence electrons. The summed E-state index contributed by atoms with van der Waals surface area (Å²) in [6.07, 6.45) is 0.592. The van der Waals surface area contributed by atoms with Crippen molar-refractivity contribution < 1.29 is 22.4 Å². The molecule has 20 heavy (non-hydrogen) atoms. The van der Waals surface area contributed by atoms with Crippen LogP contribution in [0.15, 0.2) is 18.2 Å². The molecule has 1 fully saturated rings. The molecule has 0 amide bonds. The zero-order chi connectivity index (χ0) is 14.8. The molecule has 0 saturated heterocycles. The first kappa shape index (κ1) is 15.0. The smallest absolute Gasteiger partial charge is 0.294 e. The van der Waals surface area contributed by atoms with Gasteiger partial charge in [0, 0.05) is 11.5 Å². The van der Waals surface area contributed by atoms with Gasteiger partial charge in [0.25, 0.3) is 0 Å². The highest BCUT2D eigenvalue weighted by Crippen LogP contribution is 2.33. The quantitative estimate of drug-likeness (QED) is 0.425. The summed E-state index contributed by atoms with van der Waals surface area (Å²) in [6, 6.07) is 2.52. The summed E-state index contributed by atoms with van der Waals surface area (Å²) in [7, 11) is 0. The van der Waals surface area contributed by atoms with E-state index in [1.807, 2.05) is 0 Å². The number of alkyl halides is 3. The highest BCUT2D eigenvalue weighted by Gasteiger charge is 2.35. The molecule has 1 aliphatic rings. The van der Waals surface area contributed by atoms with E-state index in [0.29, 0.717) is 18.9 Å². The number of ketones is 1. The Labute approximate surface area is 115 Å². The van der Waals surface area contributed by atoms with Crippen molar-refractivity contribution in [3.8, 4) is 0 Å². The molecule has 2 rings (SSSR count). The lowest BCUT2D eigenvalue weighted by Gasteiger charge is -2.14. The lowest BCUT2D eigenvalue weighted by Crippen LogP contribution is -2.16. The van der Waals surface area contributed by atoms with Crippen LogP contribution in [-0.4, -0.2) is 5.78 Å². The number of benzene rings is 1. The first-order chi connectivity index (χ1) is 9.39. The Hall–Kier alpha value is -1.39. The average molecular weight is 288 g/mol. The number of hydrogen-bond acceptors (Lipinski definition) is 1. The standard InChI is InChI=1S/C15H16F4O/c16-13-8-7-11(9-12(13)15(17,18)19)14(20)10-5-3-1-2-4-6-10/h7-10H,1-6H2. The molecule has 0 radical (unpaired) electrons. The van der Waals surface area contributed by atoms with E-state index in [4.69, 9.17) is 0 Å². The zero-order valence-electron chi connectivity index (χ0n) is 11.0. The van der Waals surface area contributed by atoms with Crippen LogP contribution >= 0.6 is 0 Å². The summed E-state index contributed by atoms with van der Waals surface area (Å²) in [5.41, 5.74) is -1.40. The second kappa shape index (κ2) is 5.94. The van der Waals surface area contributed by atoms with Gasteiger partial charge in [-0.15, -0.1) is 0 Å². The first-order valence-electron chi connectivity index (χ1n) is 6.80. The maximum atomic E-state index is 13.2. The minimum atomic E-state index is -4.77. The number of hydrogen-bond donors (Lipinski definition) is 0. The molecule has 5 heteroatoms. The predicted molar refractivity (Wildman–Crippen MR) is 66.9 cm³/mol. The Balaban J connectivity index is 2.26. The average Bonchev–Trinajstić information content (AvgIpc) is 2.66. The fourth-order valence-electron chi connectivity index (χ4n) is 2.67. The van der Waals surface area contributed by atoms with Crippen molar-refractivity contribution in [1.82, 2.24) is 0 Å². The Kier molecular flexibility index (Phi) is 4.45. The molecule has 0 unspecified atom stereocenters. The van der Waals surface area contributed by atoms with Crippen molar-refractivity contribution in [2.45, 2.75) is 44.7 Å². The van der Waals surface area contributed by atoms with Gasteiger partial charge in [0.05, 0.1) is 5.56 Å². The molecule has 0 atom stereocenters. The molecule has 0 aromatic heterocycles. The molecule has 0 bridgehead atoms. The van der Waals surface area contributed by atoms with E-state index < -0.39 is 17.6 Å². The van der Waals surface area contributed by atoms with Gasteiger partial charge in [0.1, 0.15) is 5.82 Å². The second-order valence-corrected chi connectivity index (χ2v) is 5.25. The van der Waals surface area contributed by atoms with Gasteiger partial charge < -0.3 is 0 Å². The fraction of sp³-hybridized carbons (Fsp3) is 0.533. The van der Waals surface area contributed by atoms with Crippen LogP contribution in [0.2, 0.25) is 0 Å². The molecular weight excluding hydrogens is 272 g/mol. The summed E-state index contributed by atoms with van der Waals surface area (Å²) in [5, 5.41) is 0. The van der Waals surface area contributed by atoms with Gasteiger partial charge >= 0.3 is 6.18 Å². The monoisotopic (exact) mass is 288 g/mol. The number of carbonyl (C=O) groups is 1. The molecule has 1 saturated carbocycles. The van der Waals surface area contributed by atoms with Crippen molar-refractivity contribution in [3.63, 3.8) is 0 Å². The Morgan fingerprint density at radius 2 is 1.65 bits per heavy atom.